The van der Waals surface area contributed by atoms with E-state index in [2.05, 4.69) is 4.90 Å². The molecule has 1 unspecified atom stereocenters. The summed E-state index contributed by atoms with van der Waals surface area (Å²) in [5.74, 6) is -0.325. The van der Waals surface area contributed by atoms with Gasteiger partial charge < -0.3 is 14.7 Å². The third-order valence-corrected chi connectivity index (χ3v) is 4.50. The van der Waals surface area contributed by atoms with Crippen LogP contribution in [-0.2, 0) is 4.79 Å². The molecule has 0 amide bonds. The molecule has 1 atom stereocenters. The average Bonchev–Trinajstić information content (AvgIpc) is 2.78. The maximum Gasteiger partial charge on any atom is 0.317 e. The molecule has 1 aliphatic rings. The first kappa shape index (κ1) is 18.7. The van der Waals surface area contributed by atoms with Crippen LogP contribution in [0.4, 0.5) is 4.39 Å². The summed E-state index contributed by atoms with van der Waals surface area (Å²) in [7, 11) is 1.89. The van der Waals surface area contributed by atoms with Gasteiger partial charge in [-0.1, -0.05) is 0 Å². The molecule has 0 aliphatic carbocycles. The molecule has 134 valence electrons. The third-order valence-electron chi connectivity index (χ3n) is 4.50. The van der Waals surface area contributed by atoms with E-state index in [9.17, 15) is 9.18 Å². The van der Waals surface area contributed by atoms with Crippen LogP contribution in [0.25, 0.3) is 0 Å². The number of hydrogen-bond acceptors (Lipinski definition) is 4. The molecule has 0 aromatic heterocycles. The molecule has 2 rings (SSSR count). The largest absolute Gasteiger partial charge is 0.494 e. The number of aliphatic carboxylic acids is 1. The lowest BCUT2D eigenvalue weighted by Crippen LogP contribution is -2.36. The predicted molar refractivity (Wildman–Crippen MR) is 90.9 cm³/mol. The van der Waals surface area contributed by atoms with E-state index in [1.165, 1.54) is 12.1 Å². The van der Waals surface area contributed by atoms with Gasteiger partial charge in [-0.25, -0.2) is 4.39 Å². The number of rotatable bonds is 8. The standard InChI is InChI=1S/C18H27FN2O3/c1-20(14-18(22)23)16-4-2-10-21(12-9-16)11-3-13-24-17-7-5-15(19)6-8-17/h5-8,16H,2-4,9-14H2,1H3,(H,22,23). The Bertz CT molecular complexity index is 509. The minimum atomic E-state index is -0.767. The molecule has 0 spiro atoms. The van der Waals surface area contributed by atoms with E-state index in [0.29, 0.717) is 18.4 Å². The van der Waals surface area contributed by atoms with E-state index >= 15 is 0 Å². The fourth-order valence-electron chi connectivity index (χ4n) is 3.15. The summed E-state index contributed by atoms with van der Waals surface area (Å²) in [6.07, 6.45) is 4.06. The second-order valence-corrected chi connectivity index (χ2v) is 6.39. The second kappa shape index (κ2) is 9.59. The van der Waals surface area contributed by atoms with Gasteiger partial charge in [-0.15, -0.1) is 0 Å². The minimum absolute atomic E-state index is 0.107. The number of carbonyl (C=O) groups is 1. The Morgan fingerprint density at radius 2 is 2.08 bits per heavy atom. The normalized spacial score (nSPS) is 19.2. The van der Waals surface area contributed by atoms with Crippen LogP contribution in [0.2, 0.25) is 0 Å². The van der Waals surface area contributed by atoms with E-state index in [-0.39, 0.29) is 12.4 Å². The highest BCUT2D eigenvalue weighted by atomic mass is 19.1. The molecule has 1 aliphatic heterocycles. The van der Waals surface area contributed by atoms with Gasteiger partial charge in [0.25, 0.3) is 0 Å². The summed E-state index contributed by atoms with van der Waals surface area (Å²) in [4.78, 5) is 15.2. The lowest BCUT2D eigenvalue weighted by atomic mass is 10.1. The van der Waals surface area contributed by atoms with Crippen LogP contribution < -0.4 is 4.74 Å². The zero-order chi connectivity index (χ0) is 17.4. The fourth-order valence-corrected chi connectivity index (χ4v) is 3.15. The molecule has 0 bridgehead atoms. The van der Waals surface area contributed by atoms with E-state index in [0.717, 1.165) is 45.3 Å². The van der Waals surface area contributed by atoms with Gasteiger partial charge >= 0.3 is 5.97 Å². The summed E-state index contributed by atoms with van der Waals surface area (Å²) in [6, 6.07) is 6.44. The van der Waals surface area contributed by atoms with Crippen LogP contribution >= 0.6 is 0 Å². The highest BCUT2D eigenvalue weighted by Gasteiger charge is 2.21. The van der Waals surface area contributed by atoms with Gasteiger partial charge in [0.2, 0.25) is 0 Å². The zero-order valence-electron chi connectivity index (χ0n) is 14.3. The number of halogens is 1. The van der Waals surface area contributed by atoms with Gasteiger partial charge in [-0.05, 0) is 70.1 Å². The van der Waals surface area contributed by atoms with Gasteiger partial charge in [0, 0.05) is 12.6 Å². The highest BCUT2D eigenvalue weighted by molar-refractivity contribution is 5.69. The van der Waals surface area contributed by atoms with Crippen molar-refractivity contribution in [1.29, 1.82) is 0 Å². The number of carboxylic acid groups (broad SMARTS) is 1. The van der Waals surface area contributed by atoms with E-state index in [1.54, 1.807) is 12.1 Å². The van der Waals surface area contributed by atoms with Crippen molar-refractivity contribution in [2.75, 3.05) is 39.8 Å². The van der Waals surface area contributed by atoms with Crippen LogP contribution in [0.1, 0.15) is 25.7 Å². The van der Waals surface area contributed by atoms with Crippen LogP contribution in [0, 0.1) is 5.82 Å². The molecule has 0 radical (unpaired) electrons. The Labute approximate surface area is 143 Å². The molecule has 1 aromatic rings. The quantitative estimate of drug-likeness (QED) is 0.738. The summed E-state index contributed by atoms with van der Waals surface area (Å²) in [6.45, 7) is 3.73. The number of benzene rings is 1. The number of likely N-dealkylation sites (tertiary alicyclic amines) is 1. The first-order valence-electron chi connectivity index (χ1n) is 8.57. The van der Waals surface area contributed by atoms with Crippen molar-refractivity contribution in [3.63, 3.8) is 0 Å². The van der Waals surface area contributed by atoms with Crippen LogP contribution in [-0.4, -0.2) is 66.8 Å². The van der Waals surface area contributed by atoms with Gasteiger partial charge in [-0.2, -0.15) is 0 Å². The maximum absolute atomic E-state index is 12.8. The molecule has 5 nitrogen and oxygen atoms in total. The average molecular weight is 338 g/mol. The molecule has 24 heavy (non-hydrogen) atoms. The lowest BCUT2D eigenvalue weighted by Gasteiger charge is -2.25. The van der Waals surface area contributed by atoms with Gasteiger partial charge in [0.15, 0.2) is 0 Å². The van der Waals surface area contributed by atoms with Crippen LogP contribution in [0.15, 0.2) is 24.3 Å². The highest BCUT2D eigenvalue weighted by Crippen LogP contribution is 2.16. The summed E-state index contributed by atoms with van der Waals surface area (Å²) >= 11 is 0. The molecule has 6 heteroatoms. The number of likely N-dealkylation sites (N-methyl/N-ethyl adjacent to an activating group) is 1. The zero-order valence-corrected chi connectivity index (χ0v) is 14.3. The lowest BCUT2D eigenvalue weighted by molar-refractivity contribution is -0.138. The van der Waals surface area contributed by atoms with Gasteiger partial charge in [0.05, 0.1) is 13.2 Å². The summed E-state index contributed by atoms with van der Waals surface area (Å²) in [5.41, 5.74) is 0. The first-order valence-corrected chi connectivity index (χ1v) is 8.57. The summed E-state index contributed by atoms with van der Waals surface area (Å²) < 4.78 is 18.4. The number of carboxylic acids is 1. The first-order chi connectivity index (χ1) is 11.5. The molecule has 1 heterocycles. The Morgan fingerprint density at radius 1 is 1.33 bits per heavy atom. The number of ether oxygens (including phenoxy) is 1. The third kappa shape index (κ3) is 6.45. The van der Waals surface area contributed by atoms with Gasteiger partial charge in [0.1, 0.15) is 11.6 Å². The predicted octanol–water partition coefficient (Wildman–Crippen LogP) is 2.47. The minimum Gasteiger partial charge on any atom is -0.494 e. The molecule has 1 saturated heterocycles. The maximum atomic E-state index is 12.8. The fraction of sp³-hybridized carbons (Fsp3) is 0.611. The van der Waals surface area contributed by atoms with Crippen molar-refractivity contribution < 1.29 is 19.0 Å². The van der Waals surface area contributed by atoms with Crippen molar-refractivity contribution >= 4 is 5.97 Å². The van der Waals surface area contributed by atoms with Crippen molar-refractivity contribution in [3.8, 4) is 5.75 Å². The summed E-state index contributed by atoms with van der Waals surface area (Å²) in [5, 5.41) is 8.90. The smallest absolute Gasteiger partial charge is 0.317 e. The van der Waals surface area contributed by atoms with Crippen LogP contribution in [0.3, 0.4) is 0 Å². The number of nitrogens with zero attached hydrogens (tertiary/aromatic N) is 2. The van der Waals surface area contributed by atoms with E-state index < -0.39 is 5.97 Å². The molecule has 0 saturated carbocycles. The van der Waals surface area contributed by atoms with Gasteiger partial charge in [-0.3, -0.25) is 9.69 Å². The topological polar surface area (TPSA) is 53.0 Å². The number of hydrogen-bond donors (Lipinski definition) is 1. The second-order valence-electron chi connectivity index (χ2n) is 6.39. The molecular weight excluding hydrogens is 311 g/mol. The van der Waals surface area contributed by atoms with Crippen molar-refractivity contribution in [3.05, 3.63) is 30.1 Å². The van der Waals surface area contributed by atoms with E-state index in [4.69, 9.17) is 9.84 Å². The van der Waals surface area contributed by atoms with Crippen molar-refractivity contribution in [1.82, 2.24) is 9.80 Å². The molecule has 1 fully saturated rings. The van der Waals surface area contributed by atoms with Crippen molar-refractivity contribution in [2.45, 2.75) is 31.7 Å². The molecule has 1 aromatic carbocycles. The molecular formula is C18H27FN2O3. The Morgan fingerprint density at radius 3 is 2.79 bits per heavy atom. The monoisotopic (exact) mass is 338 g/mol. The van der Waals surface area contributed by atoms with E-state index in [1.807, 2.05) is 11.9 Å². The Hall–Kier alpha value is -1.66. The molecule has 1 N–H and O–H groups in total. The SMILES string of the molecule is CN(CC(=O)O)C1CCCN(CCCOc2ccc(F)cc2)CC1. The Balaban J connectivity index is 1.65. The Kier molecular flexibility index (Phi) is 7.46. The van der Waals surface area contributed by atoms with Crippen LogP contribution in [0.5, 0.6) is 5.75 Å². The van der Waals surface area contributed by atoms with Crippen molar-refractivity contribution in [2.24, 2.45) is 0 Å².